The number of pyridine rings is 1. The van der Waals surface area contributed by atoms with E-state index in [0.29, 0.717) is 47.7 Å². The van der Waals surface area contributed by atoms with Crippen LogP contribution in [0.15, 0.2) is 36.7 Å². The first-order valence-electron chi connectivity index (χ1n) is 11.3. The van der Waals surface area contributed by atoms with Crippen LogP contribution in [0.3, 0.4) is 0 Å². The van der Waals surface area contributed by atoms with Gasteiger partial charge in [0.1, 0.15) is 23.0 Å². The van der Waals surface area contributed by atoms with E-state index in [0.717, 1.165) is 37.1 Å². The van der Waals surface area contributed by atoms with E-state index in [4.69, 9.17) is 10.7 Å². The minimum Gasteiger partial charge on any atom is -0.366 e. The minimum atomic E-state index is -1.08. The number of nitrogens with one attached hydrogen (secondary N) is 2. The highest BCUT2D eigenvalue weighted by Crippen LogP contribution is 2.29. The molecule has 0 saturated carbocycles. The average Bonchev–Trinajstić information content (AvgIpc) is 2.78. The van der Waals surface area contributed by atoms with Crippen LogP contribution in [-0.2, 0) is 6.54 Å². The van der Waals surface area contributed by atoms with Gasteiger partial charge in [-0.3, -0.25) is 9.69 Å². The van der Waals surface area contributed by atoms with Gasteiger partial charge in [-0.15, -0.1) is 0 Å². The fourth-order valence-electron chi connectivity index (χ4n) is 4.69. The number of alkyl halides is 1. The number of hydrogen-bond donors (Lipinski definition) is 3. The highest BCUT2D eigenvalue weighted by atomic mass is 19.1. The van der Waals surface area contributed by atoms with Gasteiger partial charge >= 0.3 is 0 Å². The Hall–Kier alpha value is -3.17. The molecule has 1 amide bonds. The first-order chi connectivity index (χ1) is 15.9. The molecule has 0 radical (unpaired) electrons. The van der Waals surface area contributed by atoms with Gasteiger partial charge in [0, 0.05) is 37.8 Å². The molecule has 4 heterocycles. The summed E-state index contributed by atoms with van der Waals surface area (Å²) in [5.74, 6) is 0.0398. The zero-order valence-electron chi connectivity index (χ0n) is 18.6. The first kappa shape index (κ1) is 21.7. The monoisotopic (exact) mass is 449 g/mol. The van der Waals surface area contributed by atoms with Crippen LogP contribution in [0.4, 0.5) is 10.2 Å². The number of halogens is 1. The molecule has 2 aliphatic heterocycles. The van der Waals surface area contributed by atoms with Crippen molar-refractivity contribution in [2.45, 2.75) is 38.0 Å². The molecular weight excluding hydrogens is 421 g/mol. The lowest BCUT2D eigenvalue weighted by Crippen LogP contribution is -2.56. The Balaban J connectivity index is 1.46. The fraction of sp³-hybridized carbons (Fsp3) is 0.417. The number of carbonyl (C=O) groups is 1. The maximum absolute atomic E-state index is 13.7. The average molecular weight is 450 g/mol. The van der Waals surface area contributed by atoms with Gasteiger partial charge in [0.25, 0.3) is 5.91 Å². The van der Waals surface area contributed by atoms with Crippen LogP contribution in [0.1, 0.15) is 35.7 Å². The zero-order chi connectivity index (χ0) is 23.0. The van der Waals surface area contributed by atoms with Crippen LogP contribution in [0, 0.1) is 0 Å². The Morgan fingerprint density at radius 3 is 2.73 bits per heavy atom. The molecule has 172 valence electrons. The van der Waals surface area contributed by atoms with Gasteiger partial charge in [-0.05, 0) is 37.9 Å². The molecule has 33 heavy (non-hydrogen) atoms. The van der Waals surface area contributed by atoms with Crippen LogP contribution < -0.4 is 16.4 Å². The van der Waals surface area contributed by atoms with E-state index >= 15 is 0 Å². The minimum absolute atomic E-state index is 0.228. The first-order valence-corrected chi connectivity index (χ1v) is 11.3. The van der Waals surface area contributed by atoms with Gasteiger partial charge in [0.05, 0.1) is 11.3 Å². The van der Waals surface area contributed by atoms with Gasteiger partial charge in [0.2, 0.25) is 0 Å². The van der Waals surface area contributed by atoms with Crippen LogP contribution in [-0.4, -0.2) is 63.6 Å². The van der Waals surface area contributed by atoms with E-state index < -0.39 is 11.6 Å². The molecule has 9 heteroatoms. The summed E-state index contributed by atoms with van der Waals surface area (Å²) in [6, 6.07) is 9.85. The fourth-order valence-corrected chi connectivity index (χ4v) is 4.69. The van der Waals surface area contributed by atoms with Crippen LogP contribution in [0.2, 0.25) is 0 Å². The SMILES string of the molecule is CC1(F)CN(Cc2ccc(-c3cc(C(N)=O)c4ncnc(N[C@H]5CCCNC5)c4n3)cc2)C1. The summed E-state index contributed by atoms with van der Waals surface area (Å²) in [6.07, 6.45) is 3.54. The quantitative estimate of drug-likeness (QED) is 0.530. The molecule has 8 nitrogen and oxygen atoms in total. The van der Waals surface area contributed by atoms with E-state index in [1.807, 2.05) is 24.3 Å². The normalized spacial score (nSPS) is 20.4. The van der Waals surface area contributed by atoms with Crippen molar-refractivity contribution in [1.29, 1.82) is 0 Å². The molecule has 4 N–H and O–H groups in total. The van der Waals surface area contributed by atoms with Crippen molar-refractivity contribution in [3.63, 3.8) is 0 Å². The Morgan fingerprint density at radius 2 is 2.06 bits per heavy atom. The van der Waals surface area contributed by atoms with Crippen LogP contribution in [0.25, 0.3) is 22.3 Å². The summed E-state index contributed by atoms with van der Waals surface area (Å²) in [5, 5.41) is 6.83. The predicted octanol–water partition coefficient (Wildman–Crippen LogP) is 2.50. The number of fused-ring (bicyclic) bond motifs is 1. The molecule has 0 aliphatic carbocycles. The largest absolute Gasteiger partial charge is 0.366 e. The molecule has 0 unspecified atom stereocenters. The second kappa shape index (κ2) is 8.64. The lowest BCUT2D eigenvalue weighted by molar-refractivity contribution is -0.0225. The number of primary amides is 1. The lowest BCUT2D eigenvalue weighted by Gasteiger charge is -2.42. The van der Waals surface area contributed by atoms with Crippen molar-refractivity contribution in [2.75, 3.05) is 31.5 Å². The second-order valence-corrected chi connectivity index (χ2v) is 9.28. The Kier molecular flexibility index (Phi) is 5.67. The predicted molar refractivity (Wildman–Crippen MR) is 126 cm³/mol. The molecule has 2 saturated heterocycles. The Labute approximate surface area is 191 Å². The summed E-state index contributed by atoms with van der Waals surface area (Å²) in [4.78, 5) is 27.8. The molecule has 1 aromatic carbocycles. The smallest absolute Gasteiger partial charge is 0.251 e. The van der Waals surface area contributed by atoms with Crippen molar-refractivity contribution in [2.24, 2.45) is 5.73 Å². The lowest BCUT2D eigenvalue weighted by atomic mass is 9.98. The van der Waals surface area contributed by atoms with E-state index in [9.17, 15) is 9.18 Å². The van der Waals surface area contributed by atoms with Crippen molar-refractivity contribution in [3.05, 3.63) is 47.8 Å². The molecule has 2 aliphatic rings. The maximum atomic E-state index is 13.7. The number of anilines is 1. The molecule has 0 spiro atoms. The molecule has 0 bridgehead atoms. The van der Waals surface area contributed by atoms with Gasteiger partial charge in [-0.25, -0.2) is 19.3 Å². The van der Waals surface area contributed by atoms with Crippen molar-refractivity contribution in [1.82, 2.24) is 25.2 Å². The molecular formula is C24H28FN7O. The third-order valence-corrected chi connectivity index (χ3v) is 6.26. The van der Waals surface area contributed by atoms with Gasteiger partial charge < -0.3 is 16.4 Å². The summed E-state index contributed by atoms with van der Waals surface area (Å²) < 4.78 is 13.7. The number of benzene rings is 1. The number of amides is 1. The molecule has 2 fully saturated rings. The van der Waals surface area contributed by atoms with Crippen molar-refractivity contribution in [3.8, 4) is 11.3 Å². The molecule has 5 rings (SSSR count). The third-order valence-electron chi connectivity index (χ3n) is 6.26. The number of likely N-dealkylation sites (tertiary alicyclic amines) is 1. The Bertz CT molecular complexity index is 1170. The molecule has 3 aromatic rings. The number of aromatic nitrogens is 3. The Morgan fingerprint density at radius 1 is 1.27 bits per heavy atom. The summed E-state index contributed by atoms with van der Waals surface area (Å²) in [5.41, 5.74) is 8.48. The number of nitrogens with two attached hydrogens (primary N) is 1. The van der Waals surface area contributed by atoms with E-state index in [1.165, 1.54) is 6.33 Å². The summed E-state index contributed by atoms with van der Waals surface area (Å²) in [7, 11) is 0. The van der Waals surface area contributed by atoms with Gasteiger partial charge in [-0.2, -0.15) is 0 Å². The molecule has 1 atom stereocenters. The maximum Gasteiger partial charge on any atom is 0.251 e. The number of carbonyl (C=O) groups excluding carboxylic acids is 1. The summed E-state index contributed by atoms with van der Waals surface area (Å²) >= 11 is 0. The number of rotatable bonds is 6. The van der Waals surface area contributed by atoms with E-state index in [-0.39, 0.29) is 6.04 Å². The summed E-state index contributed by atoms with van der Waals surface area (Å²) in [6.45, 7) is 5.09. The highest BCUT2D eigenvalue weighted by Gasteiger charge is 2.38. The van der Waals surface area contributed by atoms with Crippen molar-refractivity contribution < 1.29 is 9.18 Å². The van der Waals surface area contributed by atoms with E-state index in [1.54, 1.807) is 13.0 Å². The van der Waals surface area contributed by atoms with Crippen LogP contribution >= 0.6 is 0 Å². The van der Waals surface area contributed by atoms with Crippen molar-refractivity contribution >= 4 is 22.8 Å². The standard InChI is InChI=1S/C24H28FN7O/c1-24(25)12-32(13-24)11-15-4-6-16(7-5-15)19-9-18(22(26)33)20-21(31-19)23(29-14-28-20)30-17-3-2-8-27-10-17/h4-7,9,14,17,27H,2-3,8,10-13H2,1H3,(H2,26,33)(H,28,29,30)/t17-/m0/s1. The molecule has 2 aromatic heterocycles. The van der Waals surface area contributed by atoms with Gasteiger partial charge in [-0.1, -0.05) is 24.3 Å². The number of piperidine rings is 1. The zero-order valence-corrected chi connectivity index (χ0v) is 18.6. The number of hydrogen-bond acceptors (Lipinski definition) is 7. The van der Waals surface area contributed by atoms with Crippen LogP contribution in [0.5, 0.6) is 0 Å². The number of nitrogens with zero attached hydrogens (tertiary/aromatic N) is 4. The van der Waals surface area contributed by atoms with E-state index in [2.05, 4.69) is 25.5 Å². The topological polar surface area (TPSA) is 109 Å². The second-order valence-electron chi connectivity index (χ2n) is 9.28. The highest BCUT2D eigenvalue weighted by molar-refractivity contribution is 6.06. The van der Waals surface area contributed by atoms with Gasteiger partial charge in [0.15, 0.2) is 5.82 Å². The third kappa shape index (κ3) is 4.65.